The Hall–Kier alpha value is -1.62. The number of hydrogen-bond donors (Lipinski definition) is 1. The van der Waals surface area contributed by atoms with E-state index in [-0.39, 0.29) is 11.5 Å². The zero-order valence-corrected chi connectivity index (χ0v) is 11.0. The molecule has 0 radical (unpaired) electrons. The highest BCUT2D eigenvalue weighted by Gasteiger charge is 2.30. The number of nitrogens with zero attached hydrogens (tertiary/aromatic N) is 2. The molecule has 1 unspecified atom stereocenters. The molecule has 3 heterocycles. The molecule has 0 aliphatic carbocycles. The van der Waals surface area contributed by atoms with E-state index in [2.05, 4.69) is 9.88 Å². The van der Waals surface area contributed by atoms with Crippen LogP contribution >= 0.6 is 0 Å². The Morgan fingerprint density at radius 3 is 2.89 bits per heavy atom. The van der Waals surface area contributed by atoms with Crippen molar-refractivity contribution in [2.24, 2.45) is 0 Å². The first kappa shape index (κ1) is 12.4. The molecule has 0 spiro atoms. The van der Waals surface area contributed by atoms with Crippen LogP contribution < -0.4 is 5.56 Å². The molecule has 1 aromatic heterocycles. The van der Waals surface area contributed by atoms with Crippen LogP contribution in [0.4, 0.5) is 0 Å². The summed E-state index contributed by atoms with van der Waals surface area (Å²) in [7, 11) is 0. The Balaban J connectivity index is 1.77. The third-order valence-corrected chi connectivity index (χ3v) is 4.09. The number of carbonyl (C=O) groups is 1. The van der Waals surface area contributed by atoms with Crippen molar-refractivity contribution >= 4 is 5.91 Å². The number of fused-ring (bicyclic) bond motifs is 1. The number of rotatable bonds is 1. The molecule has 2 aliphatic heterocycles. The van der Waals surface area contributed by atoms with Gasteiger partial charge in [-0.1, -0.05) is 6.07 Å². The van der Waals surface area contributed by atoms with Gasteiger partial charge in [0, 0.05) is 31.7 Å². The molecule has 102 valence electrons. The lowest BCUT2D eigenvalue weighted by atomic mass is 10.2. The summed E-state index contributed by atoms with van der Waals surface area (Å²) in [5.41, 5.74) is 0.183. The van der Waals surface area contributed by atoms with Gasteiger partial charge in [0.05, 0.1) is 0 Å². The predicted molar refractivity (Wildman–Crippen MR) is 72.2 cm³/mol. The smallest absolute Gasteiger partial charge is 0.270 e. The predicted octanol–water partition coefficient (Wildman–Crippen LogP) is 0.685. The lowest BCUT2D eigenvalue weighted by Gasteiger charge is -2.25. The van der Waals surface area contributed by atoms with E-state index in [1.54, 1.807) is 12.1 Å². The maximum Gasteiger partial charge on any atom is 0.270 e. The second kappa shape index (κ2) is 5.17. The molecule has 5 heteroatoms. The Morgan fingerprint density at radius 1 is 1.21 bits per heavy atom. The van der Waals surface area contributed by atoms with Crippen molar-refractivity contribution in [3.05, 3.63) is 34.2 Å². The lowest BCUT2D eigenvalue weighted by molar-refractivity contribution is 0.0737. The van der Waals surface area contributed by atoms with Gasteiger partial charge in [-0.3, -0.25) is 14.5 Å². The summed E-state index contributed by atoms with van der Waals surface area (Å²) in [6.45, 7) is 3.81. The Labute approximate surface area is 112 Å². The number of H-pyrrole nitrogens is 1. The number of aromatic amines is 1. The van der Waals surface area contributed by atoms with Crippen LogP contribution in [0.2, 0.25) is 0 Å². The van der Waals surface area contributed by atoms with Crippen LogP contribution in [-0.4, -0.2) is 52.9 Å². The van der Waals surface area contributed by atoms with E-state index < -0.39 is 0 Å². The van der Waals surface area contributed by atoms with Crippen molar-refractivity contribution in [1.82, 2.24) is 14.8 Å². The average molecular weight is 261 g/mol. The maximum absolute atomic E-state index is 12.4. The lowest BCUT2D eigenvalue weighted by Crippen LogP contribution is -2.40. The molecule has 1 atom stereocenters. The zero-order chi connectivity index (χ0) is 13.2. The number of aromatic nitrogens is 1. The van der Waals surface area contributed by atoms with Gasteiger partial charge in [-0.15, -0.1) is 0 Å². The van der Waals surface area contributed by atoms with Gasteiger partial charge in [0.2, 0.25) is 5.56 Å². The first-order valence-corrected chi connectivity index (χ1v) is 6.97. The third kappa shape index (κ3) is 2.56. The van der Waals surface area contributed by atoms with E-state index in [1.807, 2.05) is 4.90 Å². The van der Waals surface area contributed by atoms with Gasteiger partial charge in [0.25, 0.3) is 5.91 Å². The van der Waals surface area contributed by atoms with Crippen LogP contribution in [0, 0.1) is 0 Å². The molecular weight excluding hydrogens is 242 g/mol. The van der Waals surface area contributed by atoms with E-state index in [0.717, 1.165) is 32.6 Å². The van der Waals surface area contributed by atoms with Crippen molar-refractivity contribution in [3.8, 4) is 0 Å². The molecule has 19 heavy (non-hydrogen) atoms. The second-order valence-corrected chi connectivity index (χ2v) is 5.37. The molecule has 1 aromatic rings. The van der Waals surface area contributed by atoms with Crippen LogP contribution in [0.15, 0.2) is 23.0 Å². The number of hydrogen-bond acceptors (Lipinski definition) is 3. The quantitative estimate of drug-likeness (QED) is 0.809. The minimum absolute atomic E-state index is 0.0496. The summed E-state index contributed by atoms with van der Waals surface area (Å²) in [6.07, 6.45) is 3.42. The van der Waals surface area contributed by atoms with Crippen LogP contribution in [0.3, 0.4) is 0 Å². The minimum Gasteiger partial charge on any atom is -0.336 e. The average Bonchev–Trinajstić information content (AvgIpc) is 2.75. The summed E-state index contributed by atoms with van der Waals surface area (Å²) in [6, 6.07) is 5.24. The van der Waals surface area contributed by atoms with Gasteiger partial charge in [-0.25, -0.2) is 0 Å². The Morgan fingerprint density at radius 2 is 2.05 bits per heavy atom. The number of nitrogens with one attached hydrogen (secondary N) is 1. The van der Waals surface area contributed by atoms with Gasteiger partial charge in [-0.05, 0) is 31.9 Å². The highest BCUT2D eigenvalue weighted by molar-refractivity contribution is 5.92. The molecule has 3 rings (SSSR count). The standard InChI is InChI=1S/C14H19N3O2/c18-13-6-1-5-12(15-13)14(19)17-9-3-8-16-7-2-4-11(16)10-17/h1,5-6,11H,2-4,7-10H2,(H,15,18). The summed E-state index contributed by atoms with van der Waals surface area (Å²) in [5.74, 6) is -0.0496. The number of amides is 1. The highest BCUT2D eigenvalue weighted by atomic mass is 16.2. The van der Waals surface area contributed by atoms with Crippen molar-refractivity contribution < 1.29 is 4.79 Å². The van der Waals surface area contributed by atoms with Crippen molar-refractivity contribution in [2.45, 2.75) is 25.3 Å². The SMILES string of the molecule is O=C(c1cccc(=O)[nH]1)N1CCCN2CCCC2C1. The molecule has 2 aliphatic rings. The van der Waals surface area contributed by atoms with E-state index in [0.29, 0.717) is 11.7 Å². The van der Waals surface area contributed by atoms with Crippen LogP contribution in [0.25, 0.3) is 0 Å². The topological polar surface area (TPSA) is 56.4 Å². The Kier molecular flexibility index (Phi) is 3.38. The fourth-order valence-corrected chi connectivity index (χ4v) is 3.13. The normalized spacial score (nSPS) is 24.0. The van der Waals surface area contributed by atoms with Crippen molar-refractivity contribution in [1.29, 1.82) is 0 Å². The summed E-state index contributed by atoms with van der Waals surface area (Å²) < 4.78 is 0. The summed E-state index contributed by atoms with van der Waals surface area (Å²) in [5, 5.41) is 0. The number of pyridine rings is 1. The third-order valence-electron chi connectivity index (χ3n) is 4.09. The molecule has 2 saturated heterocycles. The molecule has 5 nitrogen and oxygen atoms in total. The van der Waals surface area contributed by atoms with Gasteiger partial charge >= 0.3 is 0 Å². The van der Waals surface area contributed by atoms with E-state index >= 15 is 0 Å². The van der Waals surface area contributed by atoms with E-state index in [4.69, 9.17) is 0 Å². The van der Waals surface area contributed by atoms with E-state index in [1.165, 1.54) is 18.9 Å². The van der Waals surface area contributed by atoms with Crippen molar-refractivity contribution in [3.63, 3.8) is 0 Å². The molecule has 0 bridgehead atoms. The second-order valence-electron chi connectivity index (χ2n) is 5.37. The summed E-state index contributed by atoms with van der Waals surface area (Å²) in [4.78, 5) is 30.7. The molecule has 2 fully saturated rings. The first-order chi connectivity index (χ1) is 9.24. The van der Waals surface area contributed by atoms with Crippen LogP contribution in [0.5, 0.6) is 0 Å². The maximum atomic E-state index is 12.4. The molecule has 0 aromatic carbocycles. The van der Waals surface area contributed by atoms with Crippen LogP contribution in [0.1, 0.15) is 29.8 Å². The van der Waals surface area contributed by atoms with Crippen molar-refractivity contribution in [2.75, 3.05) is 26.2 Å². The van der Waals surface area contributed by atoms with Gasteiger partial charge < -0.3 is 9.88 Å². The molecule has 1 amide bonds. The fourth-order valence-electron chi connectivity index (χ4n) is 3.13. The zero-order valence-electron chi connectivity index (χ0n) is 11.0. The highest BCUT2D eigenvalue weighted by Crippen LogP contribution is 2.21. The van der Waals surface area contributed by atoms with E-state index in [9.17, 15) is 9.59 Å². The Bertz CT molecular complexity index is 525. The monoisotopic (exact) mass is 261 g/mol. The fraction of sp³-hybridized carbons (Fsp3) is 0.571. The molecule has 0 saturated carbocycles. The largest absolute Gasteiger partial charge is 0.336 e. The van der Waals surface area contributed by atoms with Gasteiger partial charge in [0.15, 0.2) is 0 Å². The minimum atomic E-state index is -0.219. The molecular formula is C14H19N3O2. The summed E-state index contributed by atoms with van der Waals surface area (Å²) >= 11 is 0. The van der Waals surface area contributed by atoms with Gasteiger partial charge in [-0.2, -0.15) is 0 Å². The first-order valence-electron chi connectivity index (χ1n) is 6.97. The number of carbonyl (C=O) groups excluding carboxylic acids is 1. The van der Waals surface area contributed by atoms with Crippen LogP contribution in [-0.2, 0) is 0 Å². The molecule has 1 N–H and O–H groups in total. The van der Waals surface area contributed by atoms with Gasteiger partial charge in [0.1, 0.15) is 5.69 Å².